The fourth-order valence-corrected chi connectivity index (χ4v) is 2.06. The van der Waals surface area contributed by atoms with Crippen LogP contribution in [0, 0.1) is 6.92 Å². The van der Waals surface area contributed by atoms with Crippen molar-refractivity contribution in [1.82, 2.24) is 9.97 Å². The molecule has 1 N–H and O–H groups in total. The fourth-order valence-electron chi connectivity index (χ4n) is 1.77. The van der Waals surface area contributed by atoms with Crippen LogP contribution in [-0.2, 0) is 0 Å². The van der Waals surface area contributed by atoms with E-state index in [-0.39, 0.29) is 5.56 Å². The van der Waals surface area contributed by atoms with Crippen molar-refractivity contribution in [3.05, 3.63) is 39.3 Å². The molecule has 2 rings (SSSR count). The van der Waals surface area contributed by atoms with Crippen LogP contribution in [0.25, 0.3) is 11.4 Å². The van der Waals surface area contributed by atoms with Crippen LogP contribution in [0.3, 0.4) is 0 Å². The van der Waals surface area contributed by atoms with Crippen LogP contribution in [0.2, 0.25) is 5.02 Å². The third-order valence-corrected chi connectivity index (χ3v) is 2.86. The van der Waals surface area contributed by atoms with Crippen LogP contribution in [0.15, 0.2) is 23.0 Å². The summed E-state index contributed by atoms with van der Waals surface area (Å²) in [5.41, 5.74) is 1.07. The summed E-state index contributed by atoms with van der Waals surface area (Å²) in [7, 11) is 3.03. The van der Waals surface area contributed by atoms with E-state index in [2.05, 4.69) is 9.97 Å². The van der Waals surface area contributed by atoms with Crippen molar-refractivity contribution in [1.29, 1.82) is 0 Å². The molecular formula is C13H13ClN2O3. The summed E-state index contributed by atoms with van der Waals surface area (Å²) >= 11 is 6.12. The number of rotatable bonds is 3. The number of benzene rings is 1. The van der Waals surface area contributed by atoms with Gasteiger partial charge in [-0.1, -0.05) is 11.6 Å². The van der Waals surface area contributed by atoms with Gasteiger partial charge >= 0.3 is 0 Å². The molecule has 6 heteroatoms. The second-order valence-corrected chi connectivity index (χ2v) is 4.34. The largest absolute Gasteiger partial charge is 0.493 e. The summed E-state index contributed by atoms with van der Waals surface area (Å²) in [4.78, 5) is 18.4. The van der Waals surface area contributed by atoms with Crippen molar-refractivity contribution in [3.63, 3.8) is 0 Å². The number of nitrogens with one attached hydrogen (secondary N) is 1. The predicted octanol–water partition coefficient (Wildman–Crippen LogP) is 2.42. The molecule has 5 nitrogen and oxygen atoms in total. The standard InChI is InChI=1S/C13H13ClN2O3/c1-7-4-11(17)16-13(15-7)8-5-9(14)12(19-3)10(6-8)18-2/h4-6H,1-3H3,(H,15,16,17). The number of methoxy groups -OCH3 is 2. The first kappa shape index (κ1) is 13.4. The number of halogens is 1. The van der Waals surface area contributed by atoms with Crippen LogP contribution in [0.4, 0.5) is 0 Å². The second kappa shape index (κ2) is 5.32. The highest BCUT2D eigenvalue weighted by Crippen LogP contribution is 2.38. The Morgan fingerprint density at radius 2 is 1.95 bits per heavy atom. The Hall–Kier alpha value is -2.01. The molecule has 0 bridgehead atoms. The lowest BCUT2D eigenvalue weighted by atomic mass is 10.2. The van der Waals surface area contributed by atoms with Gasteiger partial charge in [0.25, 0.3) is 5.56 Å². The highest BCUT2D eigenvalue weighted by atomic mass is 35.5. The zero-order chi connectivity index (χ0) is 14.0. The van der Waals surface area contributed by atoms with E-state index in [9.17, 15) is 4.79 Å². The Bertz CT molecular complexity index is 667. The van der Waals surface area contributed by atoms with Crippen molar-refractivity contribution in [2.45, 2.75) is 6.92 Å². The molecule has 0 unspecified atom stereocenters. The summed E-state index contributed by atoms with van der Waals surface area (Å²) in [6.07, 6.45) is 0. The Balaban J connectivity index is 2.63. The summed E-state index contributed by atoms with van der Waals surface area (Å²) in [5, 5.41) is 0.390. The highest BCUT2D eigenvalue weighted by Gasteiger charge is 2.13. The van der Waals surface area contributed by atoms with Gasteiger partial charge in [0.15, 0.2) is 11.5 Å². The van der Waals surface area contributed by atoms with E-state index in [1.807, 2.05) is 0 Å². The zero-order valence-electron chi connectivity index (χ0n) is 10.8. The quantitative estimate of drug-likeness (QED) is 0.938. The number of hydrogen-bond donors (Lipinski definition) is 1. The monoisotopic (exact) mass is 280 g/mol. The molecule has 0 aliphatic rings. The number of H-pyrrole nitrogens is 1. The lowest BCUT2D eigenvalue weighted by Crippen LogP contribution is -2.08. The maximum Gasteiger partial charge on any atom is 0.251 e. The van der Waals surface area contributed by atoms with Gasteiger partial charge in [-0.25, -0.2) is 4.98 Å². The van der Waals surface area contributed by atoms with E-state index in [1.54, 1.807) is 19.1 Å². The average molecular weight is 281 g/mol. The van der Waals surface area contributed by atoms with Gasteiger partial charge in [0.05, 0.1) is 19.2 Å². The van der Waals surface area contributed by atoms with Crippen LogP contribution >= 0.6 is 11.6 Å². The van der Waals surface area contributed by atoms with Gasteiger partial charge in [0, 0.05) is 17.3 Å². The maximum absolute atomic E-state index is 11.5. The Morgan fingerprint density at radius 3 is 2.53 bits per heavy atom. The normalized spacial score (nSPS) is 10.3. The molecule has 1 aromatic heterocycles. The van der Waals surface area contributed by atoms with Crippen LogP contribution < -0.4 is 15.0 Å². The highest BCUT2D eigenvalue weighted by molar-refractivity contribution is 6.32. The minimum atomic E-state index is -0.214. The summed E-state index contributed by atoms with van der Waals surface area (Å²) in [6.45, 7) is 1.75. The Labute approximate surface area is 115 Å². The fraction of sp³-hybridized carbons (Fsp3) is 0.231. The third kappa shape index (κ3) is 2.71. The summed E-state index contributed by atoms with van der Waals surface area (Å²) in [6, 6.07) is 4.80. The van der Waals surface area contributed by atoms with E-state index in [1.165, 1.54) is 20.3 Å². The molecule has 0 fully saturated rings. The van der Waals surface area contributed by atoms with Crippen molar-refractivity contribution < 1.29 is 9.47 Å². The molecule has 0 aliphatic carbocycles. The lowest BCUT2D eigenvalue weighted by molar-refractivity contribution is 0.355. The van der Waals surface area contributed by atoms with Crippen molar-refractivity contribution >= 4 is 11.6 Å². The molecule has 19 heavy (non-hydrogen) atoms. The first-order valence-electron chi connectivity index (χ1n) is 5.55. The van der Waals surface area contributed by atoms with Gasteiger partial charge in [0.2, 0.25) is 0 Å². The number of aryl methyl sites for hydroxylation is 1. The van der Waals surface area contributed by atoms with Crippen molar-refractivity contribution in [3.8, 4) is 22.9 Å². The van der Waals surface area contributed by atoms with E-state index >= 15 is 0 Å². The van der Waals surface area contributed by atoms with Crippen LogP contribution in [0.1, 0.15) is 5.69 Å². The average Bonchev–Trinajstić information content (AvgIpc) is 2.36. The van der Waals surface area contributed by atoms with Gasteiger partial charge in [0.1, 0.15) is 5.82 Å². The van der Waals surface area contributed by atoms with Crippen molar-refractivity contribution in [2.75, 3.05) is 14.2 Å². The molecule has 2 aromatic rings. The SMILES string of the molecule is COc1cc(-c2nc(C)cc(=O)[nH]2)cc(Cl)c1OC. The maximum atomic E-state index is 11.5. The molecule has 0 amide bonds. The molecule has 0 spiro atoms. The molecule has 0 saturated carbocycles. The zero-order valence-corrected chi connectivity index (χ0v) is 11.5. The number of aromatic amines is 1. The molecule has 0 radical (unpaired) electrons. The molecule has 1 heterocycles. The van der Waals surface area contributed by atoms with Gasteiger partial charge < -0.3 is 14.5 Å². The number of hydrogen-bond acceptors (Lipinski definition) is 4. The van der Waals surface area contributed by atoms with Crippen LogP contribution in [0.5, 0.6) is 11.5 Å². The van der Waals surface area contributed by atoms with E-state index in [4.69, 9.17) is 21.1 Å². The minimum Gasteiger partial charge on any atom is -0.493 e. The van der Waals surface area contributed by atoms with E-state index in [0.717, 1.165) is 0 Å². The van der Waals surface area contributed by atoms with Crippen LogP contribution in [-0.4, -0.2) is 24.2 Å². The molecule has 0 atom stereocenters. The van der Waals surface area contributed by atoms with E-state index in [0.29, 0.717) is 33.6 Å². The molecule has 0 aliphatic heterocycles. The Morgan fingerprint density at radius 1 is 1.21 bits per heavy atom. The van der Waals surface area contributed by atoms with Crippen molar-refractivity contribution in [2.24, 2.45) is 0 Å². The third-order valence-electron chi connectivity index (χ3n) is 2.58. The first-order valence-corrected chi connectivity index (χ1v) is 5.93. The number of nitrogens with zero attached hydrogens (tertiary/aromatic N) is 1. The molecule has 100 valence electrons. The summed E-state index contributed by atoms with van der Waals surface area (Å²) in [5.74, 6) is 1.37. The number of ether oxygens (including phenoxy) is 2. The van der Waals surface area contributed by atoms with E-state index < -0.39 is 0 Å². The van der Waals surface area contributed by atoms with Gasteiger partial charge in [-0.3, -0.25) is 4.79 Å². The lowest BCUT2D eigenvalue weighted by Gasteiger charge is -2.11. The predicted molar refractivity (Wildman–Crippen MR) is 73.1 cm³/mol. The second-order valence-electron chi connectivity index (χ2n) is 3.93. The topological polar surface area (TPSA) is 64.2 Å². The van der Waals surface area contributed by atoms with Gasteiger partial charge in [-0.2, -0.15) is 0 Å². The summed E-state index contributed by atoms with van der Waals surface area (Å²) < 4.78 is 10.4. The molecule has 0 saturated heterocycles. The molecule has 1 aromatic carbocycles. The smallest absolute Gasteiger partial charge is 0.251 e. The minimum absolute atomic E-state index is 0.214. The van der Waals surface area contributed by atoms with Gasteiger partial charge in [-0.15, -0.1) is 0 Å². The number of aromatic nitrogens is 2. The van der Waals surface area contributed by atoms with Gasteiger partial charge in [-0.05, 0) is 19.1 Å². The first-order chi connectivity index (χ1) is 9.05. The molecular weight excluding hydrogens is 268 g/mol. The Kier molecular flexibility index (Phi) is 3.76.